The molecule has 0 atom stereocenters. The summed E-state index contributed by atoms with van der Waals surface area (Å²) in [5.74, 6) is 0. The van der Waals surface area contributed by atoms with E-state index < -0.39 is 0 Å². The highest BCUT2D eigenvalue weighted by Crippen LogP contribution is 2.19. The van der Waals surface area contributed by atoms with Gasteiger partial charge in [0.05, 0.1) is 11.4 Å². The van der Waals surface area contributed by atoms with E-state index in [0.717, 1.165) is 19.5 Å². The zero-order valence-electron chi connectivity index (χ0n) is 11.7. The number of aromatic nitrogens is 2. The van der Waals surface area contributed by atoms with Gasteiger partial charge in [0.15, 0.2) is 0 Å². The third kappa shape index (κ3) is 3.70. The molecule has 0 unspecified atom stereocenters. The summed E-state index contributed by atoms with van der Waals surface area (Å²) in [4.78, 5) is 0. The summed E-state index contributed by atoms with van der Waals surface area (Å²) in [6.07, 6.45) is 10.0. The molecule has 3 nitrogen and oxygen atoms in total. The molecule has 100 valence electrons. The Bertz CT molecular complexity index is 404. The van der Waals surface area contributed by atoms with Gasteiger partial charge < -0.3 is 5.32 Å². The van der Waals surface area contributed by atoms with Crippen LogP contribution >= 0.6 is 0 Å². The zero-order chi connectivity index (χ0) is 12.8. The minimum Gasteiger partial charge on any atom is -0.311 e. The maximum Gasteiger partial charge on any atom is 0.0625 e. The average Bonchev–Trinajstić information content (AvgIpc) is 2.77. The predicted molar refractivity (Wildman–Crippen MR) is 75.5 cm³/mol. The van der Waals surface area contributed by atoms with E-state index in [-0.39, 0.29) is 0 Å². The van der Waals surface area contributed by atoms with Gasteiger partial charge in [-0.25, -0.2) is 0 Å². The molecule has 3 heteroatoms. The summed E-state index contributed by atoms with van der Waals surface area (Å²) in [6, 6.07) is 2.20. The fraction of sp³-hybridized carbons (Fsp3) is 0.667. The predicted octanol–water partition coefficient (Wildman–Crippen LogP) is 2.96. The van der Waals surface area contributed by atoms with E-state index in [4.69, 9.17) is 0 Å². The highest BCUT2D eigenvalue weighted by Gasteiger charge is 2.05. The van der Waals surface area contributed by atoms with Crippen molar-refractivity contribution in [1.82, 2.24) is 15.1 Å². The van der Waals surface area contributed by atoms with Crippen molar-refractivity contribution in [3.63, 3.8) is 0 Å². The molecule has 1 N–H and O–H groups in total. The van der Waals surface area contributed by atoms with Crippen molar-refractivity contribution >= 4 is 0 Å². The smallest absolute Gasteiger partial charge is 0.0625 e. The standard InChI is InChI=1S/C15H25N3/c1-3-14-11-15(18(2)17-14)12-16-10-9-13-7-5-4-6-8-13/h7,11,16H,3-6,8-10,12H2,1-2H3. The molecule has 0 aliphatic heterocycles. The molecule has 1 heterocycles. The number of nitrogens with zero attached hydrogens (tertiary/aromatic N) is 2. The van der Waals surface area contributed by atoms with Crippen molar-refractivity contribution in [2.75, 3.05) is 6.54 Å². The van der Waals surface area contributed by atoms with Gasteiger partial charge in [-0.15, -0.1) is 0 Å². The third-order valence-corrected chi connectivity index (χ3v) is 3.70. The molecule has 0 saturated heterocycles. The second-order valence-electron chi connectivity index (χ2n) is 5.14. The maximum atomic E-state index is 4.46. The number of aryl methyl sites for hydroxylation is 2. The fourth-order valence-electron chi connectivity index (χ4n) is 2.51. The summed E-state index contributed by atoms with van der Waals surface area (Å²) in [7, 11) is 2.03. The lowest BCUT2D eigenvalue weighted by molar-refractivity contribution is 0.604. The van der Waals surface area contributed by atoms with Crippen molar-refractivity contribution in [2.45, 2.75) is 52.0 Å². The maximum absolute atomic E-state index is 4.46. The molecular formula is C15H25N3. The summed E-state index contributed by atoms with van der Waals surface area (Å²) in [6.45, 7) is 4.16. The molecule has 1 aromatic rings. The first kappa shape index (κ1) is 13.3. The van der Waals surface area contributed by atoms with Gasteiger partial charge in [-0.1, -0.05) is 18.6 Å². The van der Waals surface area contributed by atoms with E-state index in [1.54, 1.807) is 5.57 Å². The fourth-order valence-corrected chi connectivity index (χ4v) is 2.51. The highest BCUT2D eigenvalue weighted by molar-refractivity contribution is 5.10. The van der Waals surface area contributed by atoms with Crippen molar-refractivity contribution in [1.29, 1.82) is 0 Å². The first-order valence-electron chi connectivity index (χ1n) is 7.20. The third-order valence-electron chi connectivity index (χ3n) is 3.70. The van der Waals surface area contributed by atoms with Gasteiger partial charge in [0.25, 0.3) is 0 Å². The van der Waals surface area contributed by atoms with E-state index in [1.807, 2.05) is 11.7 Å². The van der Waals surface area contributed by atoms with Gasteiger partial charge in [0.1, 0.15) is 0 Å². The summed E-state index contributed by atoms with van der Waals surface area (Å²) >= 11 is 0. The van der Waals surface area contributed by atoms with Gasteiger partial charge in [-0.3, -0.25) is 4.68 Å². The topological polar surface area (TPSA) is 29.9 Å². The molecule has 18 heavy (non-hydrogen) atoms. The molecule has 2 rings (SSSR count). The second kappa shape index (κ2) is 6.74. The first-order chi connectivity index (χ1) is 8.79. The van der Waals surface area contributed by atoms with Crippen LogP contribution in [0.1, 0.15) is 50.4 Å². The molecule has 0 radical (unpaired) electrons. The van der Waals surface area contributed by atoms with Crippen molar-refractivity contribution < 1.29 is 0 Å². The first-order valence-corrected chi connectivity index (χ1v) is 7.20. The van der Waals surface area contributed by atoms with Crippen LogP contribution in [0, 0.1) is 0 Å². The Labute approximate surface area is 110 Å². The molecule has 1 aliphatic carbocycles. The van der Waals surface area contributed by atoms with Gasteiger partial charge in [-0.05, 0) is 51.1 Å². The Balaban J connectivity index is 1.71. The Morgan fingerprint density at radius 3 is 2.94 bits per heavy atom. The van der Waals surface area contributed by atoms with Crippen molar-refractivity contribution in [3.8, 4) is 0 Å². The molecule has 0 spiro atoms. The number of hydrogen-bond donors (Lipinski definition) is 1. The molecule has 0 amide bonds. The van der Waals surface area contributed by atoms with Gasteiger partial charge in [0.2, 0.25) is 0 Å². The average molecular weight is 247 g/mol. The van der Waals surface area contributed by atoms with Gasteiger partial charge in [-0.2, -0.15) is 5.10 Å². The van der Waals surface area contributed by atoms with E-state index in [0.29, 0.717) is 0 Å². The molecule has 0 fully saturated rings. The number of rotatable bonds is 6. The molecule has 0 saturated carbocycles. The summed E-state index contributed by atoms with van der Waals surface area (Å²) in [5.41, 5.74) is 4.11. The molecular weight excluding hydrogens is 222 g/mol. The number of allylic oxidation sites excluding steroid dienone is 1. The van der Waals surface area contributed by atoms with E-state index in [2.05, 4.69) is 29.5 Å². The van der Waals surface area contributed by atoms with E-state index in [9.17, 15) is 0 Å². The lowest BCUT2D eigenvalue weighted by atomic mass is 9.97. The van der Waals surface area contributed by atoms with Crippen LogP contribution in [0.2, 0.25) is 0 Å². The Morgan fingerprint density at radius 1 is 1.39 bits per heavy atom. The lowest BCUT2D eigenvalue weighted by Gasteiger charge is -2.12. The van der Waals surface area contributed by atoms with Crippen LogP contribution in [-0.4, -0.2) is 16.3 Å². The number of hydrogen-bond acceptors (Lipinski definition) is 2. The molecule has 1 aromatic heterocycles. The minimum atomic E-state index is 0.927. The lowest BCUT2D eigenvalue weighted by Crippen LogP contribution is -2.17. The van der Waals surface area contributed by atoms with Crippen LogP contribution < -0.4 is 5.32 Å². The SMILES string of the molecule is CCc1cc(CNCCC2=CCCCC2)n(C)n1. The Kier molecular flexibility index (Phi) is 5.00. The largest absolute Gasteiger partial charge is 0.311 e. The Morgan fingerprint density at radius 2 is 2.28 bits per heavy atom. The van der Waals surface area contributed by atoms with Gasteiger partial charge in [0, 0.05) is 13.6 Å². The minimum absolute atomic E-state index is 0.927. The summed E-state index contributed by atoms with van der Waals surface area (Å²) < 4.78 is 1.99. The summed E-state index contributed by atoms with van der Waals surface area (Å²) in [5, 5.41) is 7.99. The second-order valence-corrected chi connectivity index (χ2v) is 5.14. The Hall–Kier alpha value is -1.09. The van der Waals surface area contributed by atoms with E-state index in [1.165, 1.54) is 43.5 Å². The van der Waals surface area contributed by atoms with Crippen LogP contribution in [-0.2, 0) is 20.0 Å². The quantitative estimate of drug-likeness (QED) is 0.618. The zero-order valence-corrected chi connectivity index (χ0v) is 11.7. The van der Waals surface area contributed by atoms with Gasteiger partial charge >= 0.3 is 0 Å². The van der Waals surface area contributed by atoms with Crippen LogP contribution in [0.4, 0.5) is 0 Å². The van der Waals surface area contributed by atoms with E-state index >= 15 is 0 Å². The van der Waals surface area contributed by atoms with Crippen LogP contribution in [0.15, 0.2) is 17.7 Å². The van der Waals surface area contributed by atoms with Crippen molar-refractivity contribution in [3.05, 3.63) is 29.1 Å². The van der Waals surface area contributed by atoms with Crippen LogP contribution in [0.3, 0.4) is 0 Å². The highest BCUT2D eigenvalue weighted by atomic mass is 15.3. The molecule has 0 bridgehead atoms. The monoisotopic (exact) mass is 247 g/mol. The normalized spacial score (nSPS) is 15.8. The van der Waals surface area contributed by atoms with Crippen LogP contribution in [0.5, 0.6) is 0 Å². The molecule has 0 aromatic carbocycles. The van der Waals surface area contributed by atoms with Crippen LogP contribution in [0.25, 0.3) is 0 Å². The molecule has 1 aliphatic rings. The van der Waals surface area contributed by atoms with Crippen molar-refractivity contribution in [2.24, 2.45) is 7.05 Å². The number of nitrogens with one attached hydrogen (secondary N) is 1.